The second kappa shape index (κ2) is 7.40. The molecule has 0 atom stereocenters. The third kappa shape index (κ3) is 4.89. The summed E-state index contributed by atoms with van der Waals surface area (Å²) in [4.78, 5) is 10.7. The molecule has 2 rings (SSSR count). The molecule has 0 aromatic heterocycles. The molecule has 0 aliphatic rings. The smallest absolute Gasteiger partial charge is 0.335 e. The molecule has 2 aromatic rings. The average Bonchev–Trinajstić information content (AvgIpc) is 2.49. The standard InChI is InChI=1S/C16H13BrN2O2/c17-14(10-12-4-2-1-3-5-12)11-18-19-15-8-6-13(7-9-15)16(20)21/h1-11,19H,(H,20,21)/b14-10-,18-11?. The monoisotopic (exact) mass is 344 g/mol. The zero-order chi connectivity index (χ0) is 15.1. The lowest BCUT2D eigenvalue weighted by molar-refractivity contribution is 0.0697. The van der Waals surface area contributed by atoms with Crippen LogP contribution in [0.4, 0.5) is 5.69 Å². The fourth-order valence-electron chi connectivity index (χ4n) is 1.60. The molecule has 0 amide bonds. The van der Waals surface area contributed by atoms with Crippen LogP contribution >= 0.6 is 15.9 Å². The Morgan fingerprint density at radius 1 is 1.10 bits per heavy atom. The van der Waals surface area contributed by atoms with Crippen molar-refractivity contribution in [3.05, 3.63) is 70.2 Å². The number of benzene rings is 2. The van der Waals surface area contributed by atoms with Crippen LogP contribution in [0.1, 0.15) is 15.9 Å². The third-order valence-corrected chi connectivity index (χ3v) is 3.05. The maximum atomic E-state index is 10.7. The van der Waals surface area contributed by atoms with Gasteiger partial charge in [-0.25, -0.2) is 4.79 Å². The Labute approximate surface area is 130 Å². The molecule has 21 heavy (non-hydrogen) atoms. The number of aromatic carboxylic acids is 1. The first-order valence-electron chi connectivity index (χ1n) is 6.20. The number of carbonyl (C=O) groups is 1. The van der Waals surface area contributed by atoms with Crippen LogP contribution in [0.3, 0.4) is 0 Å². The van der Waals surface area contributed by atoms with Crippen LogP contribution < -0.4 is 5.43 Å². The minimum atomic E-state index is -0.946. The molecule has 5 heteroatoms. The predicted molar refractivity (Wildman–Crippen MR) is 88.9 cm³/mol. The van der Waals surface area contributed by atoms with Gasteiger partial charge >= 0.3 is 5.97 Å². The van der Waals surface area contributed by atoms with Gasteiger partial charge in [-0.2, -0.15) is 5.10 Å². The highest BCUT2D eigenvalue weighted by Gasteiger charge is 2.00. The van der Waals surface area contributed by atoms with Crippen molar-refractivity contribution in [1.82, 2.24) is 0 Å². The van der Waals surface area contributed by atoms with Gasteiger partial charge in [-0.1, -0.05) is 30.3 Å². The number of rotatable bonds is 5. The molecule has 0 radical (unpaired) electrons. The number of nitrogens with zero attached hydrogens (tertiary/aromatic N) is 1. The fraction of sp³-hybridized carbons (Fsp3) is 0. The number of carboxylic acids is 1. The number of allylic oxidation sites excluding steroid dienone is 1. The molecule has 0 heterocycles. The van der Waals surface area contributed by atoms with Crippen molar-refractivity contribution in [3.63, 3.8) is 0 Å². The molecule has 2 aromatic carbocycles. The quantitative estimate of drug-likeness (QED) is 0.630. The maximum absolute atomic E-state index is 10.7. The molecular weight excluding hydrogens is 332 g/mol. The second-order valence-electron chi connectivity index (χ2n) is 4.19. The highest BCUT2D eigenvalue weighted by atomic mass is 79.9. The van der Waals surface area contributed by atoms with Gasteiger partial charge in [-0.15, -0.1) is 0 Å². The third-order valence-electron chi connectivity index (χ3n) is 2.62. The second-order valence-corrected chi connectivity index (χ2v) is 5.11. The van der Waals surface area contributed by atoms with Crippen LogP contribution in [0.25, 0.3) is 6.08 Å². The zero-order valence-electron chi connectivity index (χ0n) is 11.0. The average molecular weight is 345 g/mol. The van der Waals surface area contributed by atoms with E-state index < -0.39 is 5.97 Å². The van der Waals surface area contributed by atoms with Gasteiger partial charge < -0.3 is 5.11 Å². The molecule has 0 bridgehead atoms. The number of hydrogen-bond acceptors (Lipinski definition) is 3. The zero-order valence-corrected chi connectivity index (χ0v) is 12.6. The van der Waals surface area contributed by atoms with Crippen LogP contribution in [0.2, 0.25) is 0 Å². The van der Waals surface area contributed by atoms with Crippen LogP contribution in [0.5, 0.6) is 0 Å². The summed E-state index contributed by atoms with van der Waals surface area (Å²) in [5.41, 5.74) is 4.87. The van der Waals surface area contributed by atoms with E-state index in [1.54, 1.807) is 18.3 Å². The first kappa shape index (κ1) is 15.0. The van der Waals surface area contributed by atoms with Crippen LogP contribution in [0.15, 0.2) is 64.2 Å². The van der Waals surface area contributed by atoms with E-state index in [4.69, 9.17) is 5.11 Å². The van der Waals surface area contributed by atoms with E-state index in [9.17, 15) is 4.79 Å². The normalized spacial score (nSPS) is 11.6. The van der Waals surface area contributed by atoms with Gasteiger partial charge in [0.15, 0.2) is 0 Å². The summed E-state index contributed by atoms with van der Waals surface area (Å²) >= 11 is 3.41. The summed E-state index contributed by atoms with van der Waals surface area (Å²) in [7, 11) is 0. The minimum Gasteiger partial charge on any atom is -0.478 e. The number of carboxylic acid groups (broad SMARTS) is 1. The molecule has 0 unspecified atom stereocenters. The minimum absolute atomic E-state index is 0.245. The van der Waals surface area contributed by atoms with Crippen molar-refractivity contribution < 1.29 is 9.90 Å². The SMILES string of the molecule is O=C(O)c1ccc(NN=C/C(Br)=C/c2ccccc2)cc1. The van der Waals surface area contributed by atoms with Crippen molar-refractivity contribution in [2.75, 3.05) is 5.43 Å². The van der Waals surface area contributed by atoms with E-state index in [1.807, 2.05) is 36.4 Å². The first-order chi connectivity index (χ1) is 10.1. The van der Waals surface area contributed by atoms with Crippen LogP contribution in [-0.2, 0) is 0 Å². The fourth-order valence-corrected chi connectivity index (χ4v) is 1.97. The number of halogens is 1. The van der Waals surface area contributed by atoms with Gasteiger partial charge in [0, 0.05) is 4.48 Å². The van der Waals surface area contributed by atoms with Crippen molar-refractivity contribution in [2.24, 2.45) is 5.10 Å². The van der Waals surface area contributed by atoms with Crippen LogP contribution in [-0.4, -0.2) is 17.3 Å². The molecule has 0 aliphatic heterocycles. The lowest BCUT2D eigenvalue weighted by Crippen LogP contribution is -1.96. The predicted octanol–water partition coefficient (Wildman–Crippen LogP) is 4.22. The van der Waals surface area contributed by atoms with Gasteiger partial charge in [0.1, 0.15) is 0 Å². The largest absolute Gasteiger partial charge is 0.478 e. The summed E-state index contributed by atoms with van der Waals surface area (Å²) in [5.74, 6) is -0.946. The van der Waals surface area contributed by atoms with E-state index in [0.717, 1.165) is 15.7 Å². The van der Waals surface area contributed by atoms with Gasteiger partial charge in [0.25, 0.3) is 0 Å². The first-order valence-corrected chi connectivity index (χ1v) is 6.99. The number of hydrogen-bond donors (Lipinski definition) is 2. The number of hydrazone groups is 1. The molecule has 4 nitrogen and oxygen atoms in total. The van der Waals surface area contributed by atoms with Gasteiger partial charge in [0.05, 0.1) is 17.5 Å². The van der Waals surface area contributed by atoms with Gasteiger partial charge in [-0.05, 0) is 51.8 Å². The number of nitrogens with one attached hydrogen (secondary N) is 1. The Morgan fingerprint density at radius 3 is 2.38 bits per heavy atom. The molecule has 2 N–H and O–H groups in total. The topological polar surface area (TPSA) is 61.7 Å². The molecule has 0 spiro atoms. The van der Waals surface area contributed by atoms with Crippen molar-refractivity contribution >= 4 is 39.9 Å². The highest BCUT2D eigenvalue weighted by Crippen LogP contribution is 2.12. The molecule has 0 fully saturated rings. The van der Waals surface area contributed by atoms with E-state index in [1.165, 1.54) is 12.1 Å². The summed E-state index contributed by atoms with van der Waals surface area (Å²) in [5, 5.41) is 12.9. The van der Waals surface area contributed by atoms with E-state index in [2.05, 4.69) is 26.5 Å². The molecular formula is C16H13BrN2O2. The van der Waals surface area contributed by atoms with E-state index in [0.29, 0.717) is 0 Å². The summed E-state index contributed by atoms with van der Waals surface area (Å²) < 4.78 is 0.823. The molecule has 0 aliphatic carbocycles. The lowest BCUT2D eigenvalue weighted by Gasteiger charge is -2.00. The summed E-state index contributed by atoms with van der Waals surface area (Å²) in [6.45, 7) is 0. The van der Waals surface area contributed by atoms with E-state index >= 15 is 0 Å². The van der Waals surface area contributed by atoms with Gasteiger partial charge in [-0.3, -0.25) is 5.43 Å². The van der Waals surface area contributed by atoms with E-state index in [-0.39, 0.29) is 5.56 Å². The summed E-state index contributed by atoms with van der Waals surface area (Å²) in [6, 6.07) is 16.2. The Balaban J connectivity index is 1.95. The Kier molecular flexibility index (Phi) is 5.29. The molecule has 0 saturated carbocycles. The Morgan fingerprint density at radius 2 is 1.76 bits per heavy atom. The molecule has 0 saturated heterocycles. The highest BCUT2D eigenvalue weighted by molar-refractivity contribution is 9.12. The summed E-state index contributed by atoms with van der Waals surface area (Å²) in [6.07, 6.45) is 3.58. The van der Waals surface area contributed by atoms with Gasteiger partial charge in [0.2, 0.25) is 0 Å². The number of anilines is 1. The lowest BCUT2D eigenvalue weighted by atomic mass is 10.2. The Bertz CT molecular complexity index is 664. The molecule has 106 valence electrons. The maximum Gasteiger partial charge on any atom is 0.335 e. The Hall–Kier alpha value is -2.40. The van der Waals surface area contributed by atoms with Crippen molar-refractivity contribution in [1.29, 1.82) is 0 Å². The van der Waals surface area contributed by atoms with Crippen molar-refractivity contribution in [2.45, 2.75) is 0 Å². The van der Waals surface area contributed by atoms with Crippen molar-refractivity contribution in [3.8, 4) is 0 Å². The van der Waals surface area contributed by atoms with Crippen LogP contribution in [0, 0.1) is 0 Å².